The summed E-state index contributed by atoms with van der Waals surface area (Å²) in [6.07, 6.45) is 1.07. The molecule has 152 valence electrons. The maximum atomic E-state index is 13.0. The number of methoxy groups -OCH3 is 1. The molecule has 0 aliphatic carbocycles. The van der Waals surface area contributed by atoms with Gasteiger partial charge in [-0.05, 0) is 61.7 Å². The minimum atomic E-state index is -0.453. The number of nitrogens with zero attached hydrogens (tertiary/aromatic N) is 1. The standard InChI is InChI=1S/C22H23FN2O4/c1-14-18(22(28)29-2)4-3-5-19(14)24-20(26)15-10-12-25(13-11-15)21(27)16-6-8-17(23)9-7-16/h3-9,15H,10-13H2,1-2H3,(H,24,26). The lowest BCUT2D eigenvalue weighted by atomic mass is 9.95. The quantitative estimate of drug-likeness (QED) is 0.801. The normalized spacial score (nSPS) is 14.4. The Morgan fingerprint density at radius 1 is 1.07 bits per heavy atom. The van der Waals surface area contributed by atoms with Gasteiger partial charge in [0.1, 0.15) is 5.82 Å². The average Bonchev–Trinajstić information content (AvgIpc) is 2.74. The van der Waals surface area contributed by atoms with Crippen LogP contribution in [0.4, 0.5) is 10.1 Å². The first kappa shape index (κ1) is 20.5. The number of piperidine rings is 1. The smallest absolute Gasteiger partial charge is 0.338 e. The van der Waals surface area contributed by atoms with Crippen LogP contribution in [-0.4, -0.2) is 42.9 Å². The molecule has 0 saturated carbocycles. The zero-order valence-electron chi connectivity index (χ0n) is 16.4. The van der Waals surface area contributed by atoms with Crippen LogP contribution in [0.1, 0.15) is 39.1 Å². The van der Waals surface area contributed by atoms with E-state index >= 15 is 0 Å². The second-order valence-electron chi connectivity index (χ2n) is 7.03. The van der Waals surface area contributed by atoms with Gasteiger partial charge < -0.3 is 15.0 Å². The van der Waals surface area contributed by atoms with Gasteiger partial charge in [0, 0.05) is 30.3 Å². The van der Waals surface area contributed by atoms with E-state index in [1.54, 1.807) is 30.0 Å². The Morgan fingerprint density at radius 3 is 2.34 bits per heavy atom. The van der Waals surface area contributed by atoms with Crippen molar-refractivity contribution in [2.45, 2.75) is 19.8 Å². The molecule has 0 unspecified atom stereocenters. The molecule has 2 aromatic rings. The van der Waals surface area contributed by atoms with Gasteiger partial charge in [-0.3, -0.25) is 9.59 Å². The van der Waals surface area contributed by atoms with Crippen molar-refractivity contribution in [3.05, 3.63) is 65.0 Å². The number of hydrogen-bond donors (Lipinski definition) is 1. The molecule has 1 heterocycles. The Kier molecular flexibility index (Phi) is 6.26. The third-order valence-corrected chi connectivity index (χ3v) is 5.24. The Hall–Kier alpha value is -3.22. The number of nitrogens with one attached hydrogen (secondary N) is 1. The van der Waals surface area contributed by atoms with E-state index < -0.39 is 5.97 Å². The van der Waals surface area contributed by atoms with E-state index in [0.29, 0.717) is 48.3 Å². The lowest BCUT2D eigenvalue weighted by Crippen LogP contribution is -2.41. The lowest BCUT2D eigenvalue weighted by molar-refractivity contribution is -0.121. The largest absolute Gasteiger partial charge is 0.465 e. The van der Waals surface area contributed by atoms with Crippen molar-refractivity contribution in [1.29, 1.82) is 0 Å². The highest BCUT2D eigenvalue weighted by Gasteiger charge is 2.28. The molecule has 0 atom stereocenters. The number of likely N-dealkylation sites (tertiary alicyclic amines) is 1. The first-order valence-corrected chi connectivity index (χ1v) is 9.44. The highest BCUT2D eigenvalue weighted by molar-refractivity contribution is 5.98. The monoisotopic (exact) mass is 398 g/mol. The molecule has 1 fully saturated rings. The SMILES string of the molecule is COC(=O)c1cccc(NC(=O)C2CCN(C(=O)c3ccc(F)cc3)CC2)c1C. The minimum absolute atomic E-state index is 0.135. The van der Waals surface area contributed by atoms with Crippen molar-refractivity contribution in [3.8, 4) is 0 Å². The number of amides is 2. The van der Waals surface area contributed by atoms with Gasteiger partial charge in [-0.25, -0.2) is 9.18 Å². The summed E-state index contributed by atoms with van der Waals surface area (Å²) in [4.78, 5) is 38.7. The van der Waals surface area contributed by atoms with Crippen LogP contribution in [0.3, 0.4) is 0 Å². The van der Waals surface area contributed by atoms with Gasteiger partial charge in [-0.15, -0.1) is 0 Å². The van der Waals surface area contributed by atoms with Gasteiger partial charge >= 0.3 is 5.97 Å². The molecule has 1 aliphatic rings. The van der Waals surface area contributed by atoms with Crippen molar-refractivity contribution in [2.24, 2.45) is 5.92 Å². The third-order valence-electron chi connectivity index (χ3n) is 5.24. The van der Waals surface area contributed by atoms with Crippen LogP contribution in [0.15, 0.2) is 42.5 Å². The second kappa shape index (κ2) is 8.86. The fourth-order valence-electron chi connectivity index (χ4n) is 3.46. The fraction of sp³-hybridized carbons (Fsp3) is 0.318. The highest BCUT2D eigenvalue weighted by atomic mass is 19.1. The topological polar surface area (TPSA) is 75.7 Å². The van der Waals surface area contributed by atoms with E-state index in [9.17, 15) is 18.8 Å². The van der Waals surface area contributed by atoms with E-state index in [0.717, 1.165) is 0 Å². The number of hydrogen-bond acceptors (Lipinski definition) is 4. The summed E-state index contributed by atoms with van der Waals surface area (Å²) in [5, 5.41) is 2.89. The number of esters is 1. The van der Waals surface area contributed by atoms with Gasteiger partial charge in [0.2, 0.25) is 5.91 Å². The number of rotatable bonds is 4. The Bertz CT molecular complexity index is 919. The van der Waals surface area contributed by atoms with Gasteiger partial charge in [0.15, 0.2) is 0 Å². The summed E-state index contributed by atoms with van der Waals surface area (Å²) in [6, 6.07) is 10.5. The molecule has 0 aromatic heterocycles. The molecule has 7 heteroatoms. The van der Waals surface area contributed by atoms with Gasteiger partial charge in [-0.2, -0.15) is 0 Å². The number of ether oxygens (including phenoxy) is 1. The minimum Gasteiger partial charge on any atom is -0.465 e. The molecule has 1 saturated heterocycles. The van der Waals surface area contributed by atoms with Crippen LogP contribution in [0.2, 0.25) is 0 Å². The molecule has 3 rings (SSSR count). The zero-order valence-corrected chi connectivity index (χ0v) is 16.4. The maximum Gasteiger partial charge on any atom is 0.338 e. The van der Waals surface area contributed by atoms with E-state index in [-0.39, 0.29) is 23.5 Å². The summed E-state index contributed by atoms with van der Waals surface area (Å²) < 4.78 is 17.8. The molecule has 6 nitrogen and oxygen atoms in total. The summed E-state index contributed by atoms with van der Waals surface area (Å²) in [5.74, 6) is -1.36. The Labute approximate surface area is 168 Å². The predicted octanol–water partition coefficient (Wildman–Crippen LogP) is 3.41. The third kappa shape index (κ3) is 4.62. The number of anilines is 1. The highest BCUT2D eigenvalue weighted by Crippen LogP contribution is 2.24. The lowest BCUT2D eigenvalue weighted by Gasteiger charge is -2.31. The first-order chi connectivity index (χ1) is 13.9. The van der Waals surface area contributed by atoms with Crippen LogP contribution in [0.25, 0.3) is 0 Å². The second-order valence-corrected chi connectivity index (χ2v) is 7.03. The molecule has 1 aliphatic heterocycles. The van der Waals surface area contributed by atoms with Crippen molar-refractivity contribution in [1.82, 2.24) is 4.90 Å². The predicted molar refractivity (Wildman–Crippen MR) is 106 cm³/mol. The number of benzene rings is 2. The van der Waals surface area contributed by atoms with Crippen LogP contribution < -0.4 is 5.32 Å². The molecule has 1 N–H and O–H groups in total. The van der Waals surface area contributed by atoms with Crippen molar-refractivity contribution < 1.29 is 23.5 Å². The van der Waals surface area contributed by atoms with E-state index in [2.05, 4.69) is 5.32 Å². The van der Waals surface area contributed by atoms with Gasteiger partial charge in [-0.1, -0.05) is 6.07 Å². The van der Waals surface area contributed by atoms with Crippen LogP contribution in [0, 0.1) is 18.7 Å². The van der Waals surface area contributed by atoms with Crippen LogP contribution >= 0.6 is 0 Å². The zero-order chi connectivity index (χ0) is 21.0. The fourth-order valence-corrected chi connectivity index (χ4v) is 3.46. The van der Waals surface area contributed by atoms with Crippen molar-refractivity contribution >= 4 is 23.5 Å². The molecule has 0 radical (unpaired) electrons. The summed E-state index contributed by atoms with van der Waals surface area (Å²) in [6.45, 7) is 2.66. The van der Waals surface area contributed by atoms with Crippen LogP contribution in [0.5, 0.6) is 0 Å². The number of carbonyl (C=O) groups excluding carboxylic acids is 3. The van der Waals surface area contributed by atoms with E-state index in [1.807, 2.05) is 0 Å². The molecular weight excluding hydrogens is 375 g/mol. The average molecular weight is 398 g/mol. The van der Waals surface area contributed by atoms with Crippen LogP contribution in [-0.2, 0) is 9.53 Å². The van der Waals surface area contributed by atoms with E-state index in [1.165, 1.54) is 31.4 Å². The molecule has 29 heavy (non-hydrogen) atoms. The number of halogens is 1. The molecular formula is C22H23FN2O4. The number of carbonyl (C=O) groups is 3. The van der Waals surface area contributed by atoms with Gasteiger partial charge in [0.05, 0.1) is 12.7 Å². The molecule has 2 amide bonds. The molecule has 0 bridgehead atoms. The molecule has 2 aromatic carbocycles. The Morgan fingerprint density at radius 2 is 1.72 bits per heavy atom. The van der Waals surface area contributed by atoms with Gasteiger partial charge in [0.25, 0.3) is 5.91 Å². The summed E-state index contributed by atoms with van der Waals surface area (Å²) in [5.41, 5.74) is 2.06. The Balaban J connectivity index is 1.60. The summed E-state index contributed by atoms with van der Waals surface area (Å²) in [7, 11) is 1.31. The van der Waals surface area contributed by atoms with E-state index in [4.69, 9.17) is 4.74 Å². The van der Waals surface area contributed by atoms with Crippen molar-refractivity contribution in [3.63, 3.8) is 0 Å². The maximum absolute atomic E-state index is 13.0. The first-order valence-electron chi connectivity index (χ1n) is 9.44. The van der Waals surface area contributed by atoms with Crippen molar-refractivity contribution in [2.75, 3.05) is 25.5 Å². The molecule has 0 spiro atoms. The summed E-state index contributed by atoms with van der Waals surface area (Å²) >= 11 is 0.